The fourth-order valence-corrected chi connectivity index (χ4v) is 2.53. The number of carbonyl (C=O) groups excluding carboxylic acids is 1. The second-order valence-corrected chi connectivity index (χ2v) is 5.37. The van der Waals surface area contributed by atoms with Gasteiger partial charge in [-0.1, -0.05) is 23.2 Å². The Balaban J connectivity index is 2.09. The van der Waals surface area contributed by atoms with Crippen LogP contribution < -0.4 is 0 Å². The first-order valence-corrected chi connectivity index (χ1v) is 6.72. The molecule has 1 fully saturated rings. The van der Waals surface area contributed by atoms with Crippen LogP contribution in [0.15, 0.2) is 18.2 Å². The summed E-state index contributed by atoms with van der Waals surface area (Å²) in [6, 6.07) is 4.74. The predicted octanol–water partition coefficient (Wildman–Crippen LogP) is 2.93. The number of amides is 1. The zero-order valence-electron chi connectivity index (χ0n) is 10.1. The van der Waals surface area contributed by atoms with Crippen LogP contribution in [0, 0.1) is 5.92 Å². The zero-order valence-corrected chi connectivity index (χ0v) is 11.6. The maximum Gasteiger partial charge on any atom is 0.306 e. The highest BCUT2D eigenvalue weighted by Gasteiger charge is 2.28. The fourth-order valence-electron chi connectivity index (χ4n) is 2.16. The van der Waals surface area contributed by atoms with Gasteiger partial charge in [0.05, 0.1) is 16.5 Å². The van der Waals surface area contributed by atoms with Crippen molar-refractivity contribution >= 4 is 35.1 Å². The summed E-state index contributed by atoms with van der Waals surface area (Å²) in [5.74, 6) is -1.36. The minimum atomic E-state index is -0.798. The first-order chi connectivity index (χ1) is 8.99. The lowest BCUT2D eigenvalue weighted by Crippen LogP contribution is -2.40. The van der Waals surface area contributed by atoms with Gasteiger partial charge in [-0.3, -0.25) is 9.59 Å². The summed E-state index contributed by atoms with van der Waals surface area (Å²) in [7, 11) is 0. The van der Waals surface area contributed by atoms with Crippen LogP contribution in [0.25, 0.3) is 0 Å². The molecule has 0 saturated carbocycles. The van der Waals surface area contributed by atoms with Gasteiger partial charge in [0.2, 0.25) is 0 Å². The van der Waals surface area contributed by atoms with E-state index in [-0.39, 0.29) is 11.8 Å². The fraction of sp³-hybridized carbons (Fsp3) is 0.385. The van der Waals surface area contributed by atoms with E-state index in [0.717, 1.165) is 0 Å². The molecule has 1 amide bonds. The van der Waals surface area contributed by atoms with Crippen LogP contribution in [0.1, 0.15) is 23.2 Å². The number of nitrogens with zero attached hydrogens (tertiary/aromatic N) is 1. The number of hydrogen-bond donors (Lipinski definition) is 1. The van der Waals surface area contributed by atoms with Crippen molar-refractivity contribution in [3.8, 4) is 0 Å². The molecule has 0 bridgehead atoms. The number of halogens is 2. The highest BCUT2D eigenvalue weighted by molar-refractivity contribution is 6.35. The molecular weight excluding hydrogens is 289 g/mol. The average Bonchev–Trinajstić information content (AvgIpc) is 2.41. The van der Waals surface area contributed by atoms with Gasteiger partial charge >= 0.3 is 5.97 Å². The molecule has 0 atom stereocenters. The smallest absolute Gasteiger partial charge is 0.306 e. The van der Waals surface area contributed by atoms with Crippen molar-refractivity contribution in [2.24, 2.45) is 5.92 Å². The van der Waals surface area contributed by atoms with Gasteiger partial charge in [-0.2, -0.15) is 0 Å². The SMILES string of the molecule is O=C(O)C1CCN(C(=O)c2cc(Cl)ccc2Cl)CC1. The maximum absolute atomic E-state index is 12.3. The molecule has 102 valence electrons. The summed E-state index contributed by atoms with van der Waals surface area (Å²) in [5, 5.41) is 9.73. The molecule has 1 aromatic rings. The molecule has 1 saturated heterocycles. The van der Waals surface area contributed by atoms with Crippen molar-refractivity contribution in [3.05, 3.63) is 33.8 Å². The number of carboxylic acid groups (broad SMARTS) is 1. The third kappa shape index (κ3) is 3.19. The van der Waals surface area contributed by atoms with Gasteiger partial charge in [0.25, 0.3) is 5.91 Å². The van der Waals surface area contributed by atoms with Crippen molar-refractivity contribution in [2.45, 2.75) is 12.8 Å². The Kier molecular flexibility index (Phi) is 4.32. The van der Waals surface area contributed by atoms with Crippen LogP contribution in [0.5, 0.6) is 0 Å². The summed E-state index contributed by atoms with van der Waals surface area (Å²) in [6.45, 7) is 0.858. The highest BCUT2D eigenvalue weighted by Crippen LogP contribution is 2.25. The normalized spacial score (nSPS) is 16.4. The quantitative estimate of drug-likeness (QED) is 0.914. The van der Waals surface area contributed by atoms with Crippen molar-refractivity contribution in [2.75, 3.05) is 13.1 Å². The third-order valence-corrected chi connectivity index (χ3v) is 3.85. The molecule has 0 spiro atoms. The Morgan fingerprint density at radius 3 is 2.42 bits per heavy atom. The van der Waals surface area contributed by atoms with Crippen LogP contribution in [-0.4, -0.2) is 35.0 Å². The Bertz CT molecular complexity index is 511. The van der Waals surface area contributed by atoms with Crippen LogP contribution >= 0.6 is 23.2 Å². The predicted molar refractivity (Wildman–Crippen MR) is 72.7 cm³/mol. The van der Waals surface area contributed by atoms with E-state index < -0.39 is 5.97 Å². The van der Waals surface area contributed by atoms with Gasteiger partial charge in [0.1, 0.15) is 0 Å². The monoisotopic (exact) mass is 301 g/mol. The molecular formula is C13H13Cl2NO3. The van der Waals surface area contributed by atoms with Gasteiger partial charge in [0.15, 0.2) is 0 Å². The molecule has 0 radical (unpaired) electrons. The van der Waals surface area contributed by atoms with Crippen molar-refractivity contribution in [1.82, 2.24) is 4.90 Å². The third-order valence-electron chi connectivity index (χ3n) is 3.29. The number of hydrogen-bond acceptors (Lipinski definition) is 2. The molecule has 1 heterocycles. The molecule has 2 rings (SSSR count). The molecule has 1 aromatic carbocycles. The van der Waals surface area contributed by atoms with E-state index in [9.17, 15) is 9.59 Å². The Morgan fingerprint density at radius 2 is 1.84 bits per heavy atom. The van der Waals surface area contributed by atoms with Crippen molar-refractivity contribution in [3.63, 3.8) is 0 Å². The molecule has 19 heavy (non-hydrogen) atoms. The Hall–Kier alpha value is -1.26. The van der Waals surface area contributed by atoms with E-state index in [0.29, 0.717) is 41.5 Å². The number of benzene rings is 1. The molecule has 1 aliphatic heterocycles. The zero-order chi connectivity index (χ0) is 14.0. The number of carbonyl (C=O) groups is 2. The standard InChI is InChI=1S/C13H13Cl2NO3/c14-9-1-2-11(15)10(7-9)12(17)16-5-3-8(4-6-16)13(18)19/h1-2,7-8H,3-6H2,(H,18,19). The average molecular weight is 302 g/mol. The first-order valence-electron chi connectivity index (χ1n) is 5.96. The van der Waals surface area contributed by atoms with Gasteiger partial charge in [-0.25, -0.2) is 0 Å². The number of rotatable bonds is 2. The van der Waals surface area contributed by atoms with Crippen molar-refractivity contribution < 1.29 is 14.7 Å². The lowest BCUT2D eigenvalue weighted by molar-refractivity contribution is -0.143. The van der Waals surface area contributed by atoms with Gasteiger partial charge in [-0.15, -0.1) is 0 Å². The van der Waals surface area contributed by atoms with E-state index in [2.05, 4.69) is 0 Å². The van der Waals surface area contributed by atoms with E-state index in [4.69, 9.17) is 28.3 Å². The van der Waals surface area contributed by atoms with Crippen LogP contribution in [-0.2, 0) is 4.79 Å². The van der Waals surface area contributed by atoms with Crippen molar-refractivity contribution in [1.29, 1.82) is 0 Å². The summed E-state index contributed by atoms with van der Waals surface area (Å²) in [6.07, 6.45) is 0.943. The summed E-state index contributed by atoms with van der Waals surface area (Å²) in [5.41, 5.74) is 0.364. The van der Waals surface area contributed by atoms with Crippen LogP contribution in [0.4, 0.5) is 0 Å². The van der Waals surface area contributed by atoms with E-state index >= 15 is 0 Å². The highest BCUT2D eigenvalue weighted by atomic mass is 35.5. The Labute approximate surface area is 120 Å². The molecule has 1 N–H and O–H groups in total. The molecule has 0 unspecified atom stereocenters. The van der Waals surface area contributed by atoms with Gasteiger partial charge < -0.3 is 10.0 Å². The molecule has 0 aromatic heterocycles. The number of likely N-dealkylation sites (tertiary alicyclic amines) is 1. The maximum atomic E-state index is 12.3. The van der Waals surface area contributed by atoms with Crippen LogP contribution in [0.2, 0.25) is 10.0 Å². The lowest BCUT2D eigenvalue weighted by Gasteiger charge is -2.30. The minimum absolute atomic E-state index is 0.198. The van der Waals surface area contributed by atoms with Gasteiger partial charge in [0, 0.05) is 18.1 Å². The minimum Gasteiger partial charge on any atom is -0.481 e. The van der Waals surface area contributed by atoms with Crippen LogP contribution in [0.3, 0.4) is 0 Å². The van der Waals surface area contributed by atoms with E-state index in [1.54, 1.807) is 17.0 Å². The van der Waals surface area contributed by atoms with Gasteiger partial charge in [-0.05, 0) is 31.0 Å². The largest absolute Gasteiger partial charge is 0.481 e. The topological polar surface area (TPSA) is 57.6 Å². The number of carboxylic acids is 1. The summed E-state index contributed by atoms with van der Waals surface area (Å²) >= 11 is 11.8. The molecule has 0 aliphatic carbocycles. The summed E-state index contributed by atoms with van der Waals surface area (Å²) < 4.78 is 0. The number of piperidine rings is 1. The Morgan fingerprint density at radius 1 is 1.21 bits per heavy atom. The number of aliphatic carboxylic acids is 1. The molecule has 4 nitrogen and oxygen atoms in total. The molecule has 1 aliphatic rings. The van der Waals surface area contributed by atoms with E-state index in [1.807, 2.05) is 0 Å². The first kappa shape index (κ1) is 14.2. The van der Waals surface area contributed by atoms with E-state index in [1.165, 1.54) is 6.07 Å². The molecule has 6 heteroatoms. The second-order valence-electron chi connectivity index (χ2n) is 4.53. The summed E-state index contributed by atoms with van der Waals surface area (Å²) in [4.78, 5) is 24.8. The lowest BCUT2D eigenvalue weighted by atomic mass is 9.96. The second kappa shape index (κ2) is 5.80.